The number of methoxy groups -OCH3 is 1. The molecule has 4 heteroatoms. The lowest BCUT2D eigenvalue weighted by molar-refractivity contribution is -0.116. The van der Waals surface area contributed by atoms with Gasteiger partial charge in [-0.25, -0.2) is 0 Å². The molecule has 4 nitrogen and oxygen atoms in total. The summed E-state index contributed by atoms with van der Waals surface area (Å²) in [6.07, 6.45) is 6.68. The van der Waals surface area contributed by atoms with Gasteiger partial charge >= 0.3 is 0 Å². The summed E-state index contributed by atoms with van der Waals surface area (Å²) in [5, 5.41) is 2.95. The van der Waals surface area contributed by atoms with Crippen molar-refractivity contribution in [3.05, 3.63) is 71.8 Å². The maximum Gasteiger partial charge on any atom is 0.243 e. The van der Waals surface area contributed by atoms with Crippen LogP contribution in [0.15, 0.2) is 60.7 Å². The highest BCUT2D eigenvalue weighted by atomic mass is 16.5. The minimum absolute atomic E-state index is 0.0462. The quantitative estimate of drug-likeness (QED) is 0.435. The molecule has 0 fully saturated rings. The Bertz CT molecular complexity index is 711. The molecule has 0 radical (unpaired) electrons. The minimum atomic E-state index is -0.0462. The van der Waals surface area contributed by atoms with Crippen LogP contribution in [-0.4, -0.2) is 37.6 Å². The largest absolute Gasteiger partial charge is 0.497 e. The highest BCUT2D eigenvalue weighted by Crippen LogP contribution is 2.12. The molecule has 0 aromatic heterocycles. The minimum Gasteiger partial charge on any atom is -0.497 e. The second kappa shape index (κ2) is 12.7. The Morgan fingerprint density at radius 2 is 1.79 bits per heavy atom. The zero-order chi connectivity index (χ0) is 20.0. The lowest BCUT2D eigenvalue weighted by Crippen LogP contribution is -2.25. The molecule has 0 atom stereocenters. The molecule has 2 rings (SSSR count). The van der Waals surface area contributed by atoms with Crippen molar-refractivity contribution in [3.8, 4) is 5.75 Å². The second-order valence-electron chi connectivity index (χ2n) is 6.81. The molecule has 2 aromatic carbocycles. The van der Waals surface area contributed by atoms with Crippen LogP contribution in [0.25, 0.3) is 6.08 Å². The van der Waals surface area contributed by atoms with Gasteiger partial charge in [0.15, 0.2) is 0 Å². The van der Waals surface area contributed by atoms with Gasteiger partial charge in [-0.2, -0.15) is 0 Å². The summed E-state index contributed by atoms with van der Waals surface area (Å²) in [7, 11) is 1.64. The number of rotatable bonds is 12. The van der Waals surface area contributed by atoms with Crippen LogP contribution in [0.4, 0.5) is 0 Å². The van der Waals surface area contributed by atoms with Gasteiger partial charge in [0.05, 0.1) is 7.11 Å². The molecule has 1 amide bonds. The maximum atomic E-state index is 11.9. The van der Waals surface area contributed by atoms with Crippen molar-refractivity contribution < 1.29 is 9.53 Å². The van der Waals surface area contributed by atoms with E-state index in [1.165, 1.54) is 5.56 Å². The summed E-state index contributed by atoms with van der Waals surface area (Å²) in [5.74, 6) is 0.766. The summed E-state index contributed by atoms with van der Waals surface area (Å²) in [6, 6.07) is 18.2. The SMILES string of the molecule is CCN(CCCCCNC(=O)/C=C/c1ccc(OC)cc1)Cc1ccccc1. The zero-order valence-electron chi connectivity index (χ0n) is 17.1. The van der Waals surface area contributed by atoms with Crippen molar-refractivity contribution in [2.45, 2.75) is 32.7 Å². The van der Waals surface area contributed by atoms with E-state index >= 15 is 0 Å². The number of hydrogen-bond donors (Lipinski definition) is 1. The van der Waals surface area contributed by atoms with Crippen molar-refractivity contribution in [1.82, 2.24) is 10.2 Å². The lowest BCUT2D eigenvalue weighted by Gasteiger charge is -2.20. The van der Waals surface area contributed by atoms with Crippen LogP contribution in [0.5, 0.6) is 5.75 Å². The Hall–Kier alpha value is -2.59. The maximum absolute atomic E-state index is 11.9. The average molecular weight is 381 g/mol. The smallest absolute Gasteiger partial charge is 0.243 e. The van der Waals surface area contributed by atoms with E-state index in [1.54, 1.807) is 13.2 Å². The molecule has 0 spiro atoms. The van der Waals surface area contributed by atoms with Crippen molar-refractivity contribution in [2.75, 3.05) is 26.7 Å². The summed E-state index contributed by atoms with van der Waals surface area (Å²) in [5.41, 5.74) is 2.34. The third-order valence-electron chi connectivity index (χ3n) is 4.69. The third-order valence-corrected chi connectivity index (χ3v) is 4.69. The molecular formula is C24H32N2O2. The van der Waals surface area contributed by atoms with Crippen LogP contribution in [0.2, 0.25) is 0 Å². The Labute approximate surface area is 169 Å². The van der Waals surface area contributed by atoms with E-state index in [0.29, 0.717) is 0 Å². The topological polar surface area (TPSA) is 41.6 Å². The van der Waals surface area contributed by atoms with E-state index in [1.807, 2.05) is 30.3 Å². The van der Waals surface area contributed by atoms with E-state index in [2.05, 4.69) is 47.5 Å². The van der Waals surface area contributed by atoms with Gasteiger partial charge in [-0.1, -0.05) is 55.8 Å². The predicted molar refractivity (Wildman–Crippen MR) is 116 cm³/mol. The van der Waals surface area contributed by atoms with Gasteiger partial charge in [-0.3, -0.25) is 9.69 Å². The number of carbonyl (C=O) groups excluding carboxylic acids is 1. The Kier molecular flexibility index (Phi) is 9.87. The molecule has 150 valence electrons. The number of amides is 1. The van der Waals surface area contributed by atoms with Crippen molar-refractivity contribution in [3.63, 3.8) is 0 Å². The Balaban J connectivity index is 1.57. The average Bonchev–Trinajstić information content (AvgIpc) is 2.74. The predicted octanol–water partition coefficient (Wildman–Crippen LogP) is 4.52. The molecule has 2 aromatic rings. The number of ether oxygens (including phenoxy) is 1. The third kappa shape index (κ3) is 8.40. The highest BCUT2D eigenvalue weighted by Gasteiger charge is 2.03. The highest BCUT2D eigenvalue weighted by molar-refractivity contribution is 5.91. The first kappa shape index (κ1) is 21.7. The monoisotopic (exact) mass is 380 g/mol. The standard InChI is InChI=1S/C24H32N2O2/c1-3-26(20-22-10-6-4-7-11-22)19-9-5-8-18-25-24(27)17-14-21-12-15-23(28-2)16-13-21/h4,6-7,10-17H,3,5,8-9,18-20H2,1-2H3,(H,25,27)/b17-14+. The van der Waals surface area contributed by atoms with Gasteiger partial charge in [0.2, 0.25) is 5.91 Å². The fourth-order valence-corrected chi connectivity index (χ4v) is 2.99. The van der Waals surface area contributed by atoms with E-state index < -0.39 is 0 Å². The van der Waals surface area contributed by atoms with Crippen LogP contribution >= 0.6 is 0 Å². The zero-order valence-corrected chi connectivity index (χ0v) is 17.1. The Morgan fingerprint density at radius 3 is 2.46 bits per heavy atom. The van der Waals surface area contributed by atoms with Gasteiger partial charge in [-0.05, 0) is 55.3 Å². The lowest BCUT2D eigenvalue weighted by atomic mass is 10.2. The second-order valence-corrected chi connectivity index (χ2v) is 6.81. The van der Waals surface area contributed by atoms with Gasteiger partial charge in [0.25, 0.3) is 0 Å². The van der Waals surface area contributed by atoms with E-state index in [9.17, 15) is 4.79 Å². The first-order valence-electron chi connectivity index (χ1n) is 10.1. The summed E-state index contributed by atoms with van der Waals surface area (Å²) >= 11 is 0. The molecule has 0 aliphatic carbocycles. The first-order chi connectivity index (χ1) is 13.7. The molecule has 0 saturated heterocycles. The molecule has 0 bridgehead atoms. The first-order valence-corrected chi connectivity index (χ1v) is 10.1. The summed E-state index contributed by atoms with van der Waals surface area (Å²) in [6.45, 7) is 6.08. The molecule has 0 heterocycles. The van der Waals surface area contributed by atoms with Gasteiger partial charge in [0.1, 0.15) is 5.75 Å². The van der Waals surface area contributed by atoms with Crippen LogP contribution in [0.3, 0.4) is 0 Å². The van der Waals surface area contributed by atoms with Crippen LogP contribution in [0, 0.1) is 0 Å². The van der Waals surface area contributed by atoms with Crippen LogP contribution in [0.1, 0.15) is 37.3 Å². The molecule has 1 N–H and O–H groups in total. The molecule has 0 aliphatic rings. The van der Waals surface area contributed by atoms with Gasteiger partial charge in [-0.15, -0.1) is 0 Å². The molecule has 0 aliphatic heterocycles. The number of benzene rings is 2. The van der Waals surface area contributed by atoms with Crippen LogP contribution < -0.4 is 10.1 Å². The molecule has 0 unspecified atom stereocenters. The fourth-order valence-electron chi connectivity index (χ4n) is 2.99. The van der Waals surface area contributed by atoms with Crippen molar-refractivity contribution >= 4 is 12.0 Å². The molecule has 28 heavy (non-hydrogen) atoms. The van der Waals surface area contributed by atoms with E-state index in [0.717, 1.165) is 56.8 Å². The summed E-state index contributed by atoms with van der Waals surface area (Å²) in [4.78, 5) is 14.4. The van der Waals surface area contributed by atoms with Crippen molar-refractivity contribution in [1.29, 1.82) is 0 Å². The van der Waals surface area contributed by atoms with Gasteiger partial charge < -0.3 is 10.1 Å². The number of nitrogens with zero attached hydrogens (tertiary/aromatic N) is 1. The van der Waals surface area contributed by atoms with E-state index in [4.69, 9.17) is 4.74 Å². The summed E-state index contributed by atoms with van der Waals surface area (Å²) < 4.78 is 5.13. The van der Waals surface area contributed by atoms with Crippen molar-refractivity contribution in [2.24, 2.45) is 0 Å². The Morgan fingerprint density at radius 1 is 1.04 bits per heavy atom. The van der Waals surface area contributed by atoms with Crippen LogP contribution in [-0.2, 0) is 11.3 Å². The number of nitrogens with one attached hydrogen (secondary N) is 1. The number of unbranched alkanes of at least 4 members (excludes halogenated alkanes) is 2. The molecule has 0 saturated carbocycles. The normalized spacial score (nSPS) is 11.1. The van der Waals surface area contributed by atoms with E-state index in [-0.39, 0.29) is 5.91 Å². The molecular weight excluding hydrogens is 348 g/mol. The van der Waals surface area contributed by atoms with Gasteiger partial charge in [0, 0.05) is 19.2 Å². The number of hydrogen-bond acceptors (Lipinski definition) is 3. The number of carbonyl (C=O) groups is 1. The fraction of sp³-hybridized carbons (Fsp3) is 0.375.